The molecule has 0 saturated heterocycles. The van der Waals surface area contributed by atoms with Gasteiger partial charge in [0.05, 0.1) is 16.9 Å². The number of hydrogen-bond donors (Lipinski definition) is 2. The van der Waals surface area contributed by atoms with Crippen molar-refractivity contribution in [2.24, 2.45) is 5.92 Å². The van der Waals surface area contributed by atoms with E-state index >= 15 is 0 Å². The van der Waals surface area contributed by atoms with Crippen molar-refractivity contribution in [1.82, 2.24) is 9.88 Å². The van der Waals surface area contributed by atoms with Crippen molar-refractivity contribution >= 4 is 22.5 Å². The predicted octanol–water partition coefficient (Wildman–Crippen LogP) is 1.73. The highest BCUT2D eigenvalue weighted by Gasteiger charge is 2.14. The largest absolute Gasteiger partial charge is 0.417 e. The Labute approximate surface area is 124 Å². The summed E-state index contributed by atoms with van der Waals surface area (Å²) in [6.07, 6.45) is 0. The van der Waals surface area contributed by atoms with Crippen LogP contribution in [0.15, 0.2) is 21.3 Å². The quantitative estimate of drug-likeness (QED) is 0.793. The highest BCUT2D eigenvalue weighted by Crippen LogP contribution is 2.28. The molecule has 0 atom stereocenters. The zero-order valence-corrected chi connectivity index (χ0v) is 13.1. The van der Waals surface area contributed by atoms with E-state index in [-0.39, 0.29) is 0 Å². The molecule has 0 aliphatic carbocycles. The average molecular weight is 292 g/mol. The number of nitrogen functional groups attached to an aromatic ring is 1. The van der Waals surface area contributed by atoms with E-state index in [4.69, 9.17) is 10.2 Å². The summed E-state index contributed by atoms with van der Waals surface area (Å²) < 4.78 is 5.04. The van der Waals surface area contributed by atoms with Gasteiger partial charge in [-0.25, -0.2) is 4.79 Å². The third-order valence-corrected chi connectivity index (χ3v) is 3.31. The van der Waals surface area contributed by atoms with E-state index in [1.165, 1.54) is 0 Å². The lowest BCUT2D eigenvalue weighted by molar-refractivity contribution is 0.409. The van der Waals surface area contributed by atoms with Crippen molar-refractivity contribution in [2.45, 2.75) is 13.8 Å². The van der Waals surface area contributed by atoms with Gasteiger partial charge in [0, 0.05) is 25.7 Å². The molecule has 0 amide bonds. The summed E-state index contributed by atoms with van der Waals surface area (Å²) in [6, 6.07) is 3.61. The summed E-state index contributed by atoms with van der Waals surface area (Å²) in [5.74, 6) is 0.0657. The number of fused-ring (bicyclic) bond motifs is 1. The third-order valence-electron chi connectivity index (χ3n) is 3.31. The Kier molecular flexibility index (Phi) is 4.57. The van der Waals surface area contributed by atoms with Crippen molar-refractivity contribution < 1.29 is 4.42 Å². The molecule has 0 spiro atoms. The maximum atomic E-state index is 11.3. The van der Waals surface area contributed by atoms with E-state index in [2.05, 4.69) is 28.6 Å². The van der Waals surface area contributed by atoms with Gasteiger partial charge in [0.2, 0.25) is 0 Å². The molecule has 116 valence electrons. The number of benzene rings is 1. The number of rotatable bonds is 6. The molecule has 6 nitrogen and oxygen atoms in total. The lowest BCUT2D eigenvalue weighted by atomic mass is 10.1. The number of nitrogens with zero attached hydrogens (tertiary/aromatic N) is 2. The van der Waals surface area contributed by atoms with E-state index in [1.54, 1.807) is 6.07 Å². The first-order valence-electron chi connectivity index (χ1n) is 7.19. The van der Waals surface area contributed by atoms with E-state index in [0.29, 0.717) is 22.7 Å². The van der Waals surface area contributed by atoms with Gasteiger partial charge < -0.3 is 20.0 Å². The Morgan fingerprint density at radius 2 is 2.00 bits per heavy atom. The molecule has 2 rings (SSSR count). The maximum absolute atomic E-state index is 11.3. The second-order valence-electron chi connectivity index (χ2n) is 6.06. The van der Waals surface area contributed by atoms with Crippen molar-refractivity contribution in [2.75, 3.05) is 44.4 Å². The lowest BCUT2D eigenvalue weighted by Crippen LogP contribution is -2.34. The van der Waals surface area contributed by atoms with Crippen LogP contribution in [0.5, 0.6) is 0 Å². The van der Waals surface area contributed by atoms with Gasteiger partial charge in [-0.1, -0.05) is 13.8 Å². The van der Waals surface area contributed by atoms with Gasteiger partial charge in [0.15, 0.2) is 5.58 Å². The summed E-state index contributed by atoms with van der Waals surface area (Å²) in [5, 5.41) is 0. The Morgan fingerprint density at radius 3 is 2.62 bits per heavy atom. The standard InChI is InChI=1S/C15H24N4O2/c1-10(2)9-19(6-5-18(3)4)13-8-12-14(7-11(13)16)21-15(20)17-12/h7-8,10H,5-6,9,16H2,1-4H3,(H,17,20). The number of nitrogens with one attached hydrogen (secondary N) is 1. The Morgan fingerprint density at radius 1 is 1.29 bits per heavy atom. The number of aromatic nitrogens is 1. The van der Waals surface area contributed by atoms with E-state index in [0.717, 1.165) is 25.3 Å². The Balaban J connectivity index is 2.37. The Bertz CT molecular complexity index is 657. The summed E-state index contributed by atoms with van der Waals surface area (Å²) in [5.41, 5.74) is 8.90. The summed E-state index contributed by atoms with van der Waals surface area (Å²) >= 11 is 0. The molecule has 0 fully saturated rings. The van der Waals surface area contributed by atoms with Crippen molar-refractivity contribution in [3.05, 3.63) is 22.7 Å². The number of nitrogens with two attached hydrogens (primary N) is 1. The molecule has 2 aromatic rings. The van der Waals surface area contributed by atoms with Gasteiger partial charge in [0.25, 0.3) is 0 Å². The molecule has 0 aliphatic heterocycles. The average Bonchev–Trinajstić information content (AvgIpc) is 2.72. The molecule has 0 unspecified atom stereocenters. The van der Waals surface area contributed by atoms with Crippen LogP contribution in [0.2, 0.25) is 0 Å². The SMILES string of the molecule is CC(C)CN(CCN(C)C)c1cc2[nH]c(=O)oc2cc1N. The minimum atomic E-state index is -0.453. The van der Waals surface area contributed by atoms with Crippen molar-refractivity contribution in [1.29, 1.82) is 0 Å². The lowest BCUT2D eigenvalue weighted by Gasteiger charge is -2.29. The fourth-order valence-electron chi connectivity index (χ4n) is 2.35. The van der Waals surface area contributed by atoms with Crippen LogP contribution in [0, 0.1) is 5.92 Å². The minimum Gasteiger partial charge on any atom is -0.408 e. The number of anilines is 2. The van der Waals surface area contributed by atoms with Gasteiger partial charge in [-0.3, -0.25) is 4.98 Å². The van der Waals surface area contributed by atoms with E-state index in [9.17, 15) is 4.79 Å². The second kappa shape index (κ2) is 6.22. The molecule has 1 aromatic heterocycles. The molecule has 1 aromatic carbocycles. The zero-order chi connectivity index (χ0) is 15.6. The fourth-order valence-corrected chi connectivity index (χ4v) is 2.35. The monoisotopic (exact) mass is 292 g/mol. The zero-order valence-electron chi connectivity index (χ0n) is 13.1. The molecule has 0 bridgehead atoms. The van der Waals surface area contributed by atoms with Gasteiger partial charge in [-0.05, 0) is 26.1 Å². The van der Waals surface area contributed by atoms with Crippen LogP contribution in [-0.4, -0.2) is 43.6 Å². The van der Waals surface area contributed by atoms with Crippen molar-refractivity contribution in [3.8, 4) is 0 Å². The minimum absolute atomic E-state index is 0.453. The molecule has 3 N–H and O–H groups in total. The van der Waals surface area contributed by atoms with Crippen LogP contribution in [-0.2, 0) is 0 Å². The van der Waals surface area contributed by atoms with Gasteiger partial charge in [0.1, 0.15) is 0 Å². The first-order chi connectivity index (χ1) is 9.86. The maximum Gasteiger partial charge on any atom is 0.417 e. The second-order valence-corrected chi connectivity index (χ2v) is 6.06. The predicted molar refractivity (Wildman–Crippen MR) is 86.9 cm³/mol. The molecular formula is C15H24N4O2. The molecule has 6 heteroatoms. The summed E-state index contributed by atoms with van der Waals surface area (Å²) in [7, 11) is 4.10. The number of aromatic amines is 1. The van der Waals surface area contributed by atoms with Gasteiger partial charge >= 0.3 is 5.76 Å². The number of H-pyrrole nitrogens is 1. The fraction of sp³-hybridized carbons (Fsp3) is 0.533. The molecule has 1 heterocycles. The third kappa shape index (κ3) is 3.78. The molecule has 0 aliphatic rings. The highest BCUT2D eigenvalue weighted by molar-refractivity contribution is 5.85. The van der Waals surface area contributed by atoms with Crippen molar-refractivity contribution in [3.63, 3.8) is 0 Å². The van der Waals surface area contributed by atoms with E-state index in [1.807, 2.05) is 20.2 Å². The van der Waals surface area contributed by atoms with Crippen LogP contribution in [0.3, 0.4) is 0 Å². The normalized spacial score (nSPS) is 11.7. The van der Waals surface area contributed by atoms with Crippen LogP contribution in [0.25, 0.3) is 11.1 Å². The van der Waals surface area contributed by atoms with Crippen LogP contribution >= 0.6 is 0 Å². The van der Waals surface area contributed by atoms with Gasteiger partial charge in [-0.15, -0.1) is 0 Å². The van der Waals surface area contributed by atoms with Crippen LogP contribution < -0.4 is 16.4 Å². The highest BCUT2D eigenvalue weighted by atomic mass is 16.4. The number of hydrogen-bond acceptors (Lipinski definition) is 5. The first kappa shape index (κ1) is 15.4. The van der Waals surface area contributed by atoms with Crippen LogP contribution in [0.4, 0.5) is 11.4 Å². The van der Waals surface area contributed by atoms with Crippen LogP contribution in [0.1, 0.15) is 13.8 Å². The van der Waals surface area contributed by atoms with E-state index < -0.39 is 5.76 Å². The number of likely N-dealkylation sites (N-methyl/N-ethyl adjacent to an activating group) is 1. The first-order valence-corrected chi connectivity index (χ1v) is 7.19. The van der Waals surface area contributed by atoms with Gasteiger partial charge in [-0.2, -0.15) is 0 Å². The molecule has 0 saturated carbocycles. The summed E-state index contributed by atoms with van der Waals surface area (Å²) in [6.45, 7) is 7.08. The summed E-state index contributed by atoms with van der Waals surface area (Å²) in [4.78, 5) is 18.4. The smallest absolute Gasteiger partial charge is 0.408 e. The molecule has 0 radical (unpaired) electrons. The topological polar surface area (TPSA) is 78.5 Å². The molecule has 21 heavy (non-hydrogen) atoms. The Hall–Kier alpha value is -1.95. The molecular weight excluding hydrogens is 268 g/mol. The number of oxazole rings is 1.